The summed E-state index contributed by atoms with van der Waals surface area (Å²) in [6.45, 7) is 14.8. The normalized spacial score (nSPS) is 21.4. The average molecular weight is 425 g/mol. The van der Waals surface area contributed by atoms with Gasteiger partial charge in [-0.15, -0.1) is 0 Å². The molecule has 3 rings (SSSR count). The number of benzene rings is 2. The zero-order valence-electron chi connectivity index (χ0n) is 18.6. The fourth-order valence-electron chi connectivity index (χ4n) is 4.25. The van der Waals surface area contributed by atoms with Crippen molar-refractivity contribution < 1.29 is 18.7 Å². The molecule has 1 aliphatic rings. The van der Waals surface area contributed by atoms with Gasteiger partial charge in [-0.1, -0.05) is 88.0 Å². The number of ether oxygens (including phenoxy) is 2. The van der Waals surface area contributed by atoms with Crippen LogP contribution in [0.1, 0.15) is 34.6 Å². The van der Waals surface area contributed by atoms with Gasteiger partial charge in [0.2, 0.25) is 0 Å². The van der Waals surface area contributed by atoms with E-state index in [4.69, 9.17) is 13.9 Å². The maximum absolute atomic E-state index is 11.5. The van der Waals surface area contributed by atoms with Crippen molar-refractivity contribution in [3.8, 4) is 0 Å². The van der Waals surface area contributed by atoms with Gasteiger partial charge in [0.05, 0.1) is 6.61 Å². The van der Waals surface area contributed by atoms with Gasteiger partial charge >= 0.3 is 0 Å². The number of hydrogen-bond donors (Lipinski definition) is 0. The van der Waals surface area contributed by atoms with Crippen LogP contribution in [0.3, 0.4) is 0 Å². The molecule has 0 amide bonds. The SMILES string of the molecule is C=C(CO[Si](c1ccccc1)(c1ccccc1)C(C)(C)C)C1OC(C)(C)O[C@@H]1C=O. The lowest BCUT2D eigenvalue weighted by Crippen LogP contribution is -2.66. The lowest BCUT2D eigenvalue weighted by molar-refractivity contribution is -0.148. The maximum Gasteiger partial charge on any atom is 0.261 e. The summed E-state index contributed by atoms with van der Waals surface area (Å²) in [5, 5.41) is 2.27. The zero-order valence-corrected chi connectivity index (χ0v) is 19.6. The van der Waals surface area contributed by atoms with Crippen LogP contribution in [0.4, 0.5) is 0 Å². The summed E-state index contributed by atoms with van der Waals surface area (Å²) in [4.78, 5) is 11.5. The molecule has 5 heteroatoms. The van der Waals surface area contributed by atoms with Crippen molar-refractivity contribution in [2.45, 2.75) is 57.7 Å². The molecule has 0 aromatic heterocycles. The monoisotopic (exact) mass is 424 g/mol. The van der Waals surface area contributed by atoms with Crippen LogP contribution < -0.4 is 10.4 Å². The fourth-order valence-corrected chi connectivity index (χ4v) is 8.81. The molecule has 4 nitrogen and oxygen atoms in total. The van der Waals surface area contributed by atoms with Gasteiger partial charge in [0.25, 0.3) is 8.32 Å². The largest absolute Gasteiger partial charge is 0.403 e. The summed E-state index contributed by atoms with van der Waals surface area (Å²) in [5.41, 5.74) is 0.714. The van der Waals surface area contributed by atoms with Crippen LogP contribution in [0.5, 0.6) is 0 Å². The van der Waals surface area contributed by atoms with E-state index >= 15 is 0 Å². The van der Waals surface area contributed by atoms with Crippen LogP contribution in [0.25, 0.3) is 0 Å². The van der Waals surface area contributed by atoms with Crippen LogP contribution in [0.15, 0.2) is 72.8 Å². The molecular weight excluding hydrogens is 392 g/mol. The standard InChI is InChI=1S/C25H32O4Si/c1-19(23-22(17-26)28-25(5,6)29-23)18-27-30(24(2,3)4,20-13-9-7-10-14-20)21-15-11-8-12-16-21/h7-17,22-23H,1,18H2,2-6H3/t22-,23?/m1/s1. The van der Waals surface area contributed by atoms with Crippen molar-refractivity contribution in [2.24, 2.45) is 0 Å². The Balaban J connectivity index is 1.98. The highest BCUT2D eigenvalue weighted by Gasteiger charge is 2.51. The Bertz CT molecular complexity index is 832. The number of hydrogen-bond acceptors (Lipinski definition) is 4. The van der Waals surface area contributed by atoms with Crippen molar-refractivity contribution in [3.63, 3.8) is 0 Å². The molecule has 2 aromatic carbocycles. The van der Waals surface area contributed by atoms with Crippen LogP contribution in [-0.4, -0.2) is 39.2 Å². The first kappa shape index (κ1) is 22.6. The molecule has 1 fully saturated rings. The van der Waals surface area contributed by atoms with E-state index in [9.17, 15) is 4.79 Å². The van der Waals surface area contributed by atoms with Crippen LogP contribution >= 0.6 is 0 Å². The molecule has 2 aromatic rings. The summed E-state index contributed by atoms with van der Waals surface area (Å²) >= 11 is 0. The number of aldehydes is 1. The summed E-state index contributed by atoms with van der Waals surface area (Å²) < 4.78 is 18.6. The Kier molecular flexibility index (Phi) is 6.48. The van der Waals surface area contributed by atoms with Crippen LogP contribution in [0, 0.1) is 0 Å². The van der Waals surface area contributed by atoms with Crippen molar-refractivity contribution in [2.75, 3.05) is 6.61 Å². The van der Waals surface area contributed by atoms with E-state index < -0.39 is 26.3 Å². The highest BCUT2D eigenvalue weighted by atomic mass is 28.4. The molecule has 30 heavy (non-hydrogen) atoms. The van der Waals surface area contributed by atoms with Gasteiger partial charge in [0, 0.05) is 0 Å². The van der Waals surface area contributed by atoms with Crippen molar-refractivity contribution >= 4 is 25.0 Å². The van der Waals surface area contributed by atoms with Gasteiger partial charge in [0.1, 0.15) is 12.2 Å². The van der Waals surface area contributed by atoms with E-state index in [1.807, 2.05) is 12.1 Å². The van der Waals surface area contributed by atoms with E-state index in [-0.39, 0.29) is 5.04 Å². The lowest BCUT2D eigenvalue weighted by Gasteiger charge is -2.43. The number of rotatable bonds is 7. The van der Waals surface area contributed by atoms with E-state index in [1.54, 1.807) is 13.8 Å². The lowest BCUT2D eigenvalue weighted by atomic mass is 10.1. The molecule has 1 heterocycles. The van der Waals surface area contributed by atoms with Crippen molar-refractivity contribution in [3.05, 3.63) is 72.8 Å². The second-order valence-electron chi connectivity index (χ2n) is 9.27. The smallest absolute Gasteiger partial charge is 0.261 e. The molecule has 0 saturated carbocycles. The Labute approximate surface area is 181 Å². The predicted octanol–water partition coefficient (Wildman–Crippen LogP) is 3.84. The van der Waals surface area contributed by atoms with Crippen molar-refractivity contribution in [1.82, 2.24) is 0 Å². The first-order valence-electron chi connectivity index (χ1n) is 10.3. The van der Waals surface area contributed by atoms with Gasteiger partial charge in [-0.05, 0) is 34.8 Å². The van der Waals surface area contributed by atoms with Crippen molar-refractivity contribution in [1.29, 1.82) is 0 Å². The van der Waals surface area contributed by atoms with Gasteiger partial charge in [-0.2, -0.15) is 0 Å². The minimum Gasteiger partial charge on any atom is -0.403 e. The summed E-state index contributed by atoms with van der Waals surface area (Å²) in [6.07, 6.45) is -0.404. The van der Waals surface area contributed by atoms with Crippen LogP contribution in [-0.2, 0) is 18.7 Å². The molecule has 0 spiro atoms. The number of carbonyl (C=O) groups is 1. The van der Waals surface area contributed by atoms with Gasteiger partial charge in [-0.25, -0.2) is 0 Å². The summed E-state index contributed by atoms with van der Waals surface area (Å²) in [7, 11) is -2.68. The Morgan fingerprint density at radius 2 is 1.53 bits per heavy atom. The van der Waals surface area contributed by atoms with E-state index in [0.29, 0.717) is 12.2 Å². The molecule has 0 aliphatic carbocycles. The Morgan fingerprint density at radius 1 is 1.03 bits per heavy atom. The van der Waals surface area contributed by atoms with Gasteiger partial charge in [-0.3, -0.25) is 0 Å². The second-order valence-corrected chi connectivity index (χ2v) is 13.6. The fraction of sp³-hybridized carbons (Fsp3) is 0.400. The Morgan fingerprint density at radius 3 is 1.97 bits per heavy atom. The first-order chi connectivity index (χ1) is 14.1. The molecule has 0 radical (unpaired) electrons. The van der Waals surface area contributed by atoms with Crippen LogP contribution in [0.2, 0.25) is 5.04 Å². The quantitative estimate of drug-likeness (QED) is 0.385. The molecule has 1 aliphatic heterocycles. The van der Waals surface area contributed by atoms with E-state index in [2.05, 4.69) is 75.9 Å². The third-order valence-corrected chi connectivity index (χ3v) is 10.5. The first-order valence-corrected chi connectivity index (χ1v) is 12.3. The third-order valence-electron chi connectivity index (χ3n) is 5.56. The molecule has 2 atom stereocenters. The van der Waals surface area contributed by atoms with Gasteiger partial charge < -0.3 is 18.7 Å². The minimum atomic E-state index is -2.68. The molecule has 1 saturated heterocycles. The molecule has 0 N–H and O–H groups in total. The van der Waals surface area contributed by atoms with Gasteiger partial charge in [0.15, 0.2) is 12.1 Å². The average Bonchev–Trinajstić information content (AvgIpc) is 3.04. The highest BCUT2D eigenvalue weighted by Crippen LogP contribution is 2.38. The minimum absolute atomic E-state index is 0.133. The maximum atomic E-state index is 11.5. The highest BCUT2D eigenvalue weighted by molar-refractivity contribution is 6.99. The Hall–Kier alpha value is -2.05. The summed E-state index contributed by atoms with van der Waals surface area (Å²) in [5.74, 6) is -0.823. The molecule has 160 valence electrons. The predicted molar refractivity (Wildman–Crippen MR) is 123 cm³/mol. The second kappa shape index (κ2) is 8.59. The third kappa shape index (κ3) is 4.35. The molecule has 0 bridgehead atoms. The topological polar surface area (TPSA) is 44.8 Å². The summed E-state index contributed by atoms with van der Waals surface area (Å²) in [6, 6.07) is 20.9. The number of carbonyl (C=O) groups excluding carboxylic acids is 1. The molecular formula is C25H32O4Si. The van der Waals surface area contributed by atoms with E-state index in [1.165, 1.54) is 10.4 Å². The van der Waals surface area contributed by atoms with E-state index in [0.717, 1.165) is 6.29 Å². The molecule has 1 unspecified atom stereocenters. The zero-order chi connectivity index (χ0) is 22.0.